The topological polar surface area (TPSA) is 58.6 Å². The van der Waals surface area contributed by atoms with Crippen LogP contribution in [-0.4, -0.2) is 30.8 Å². The highest BCUT2D eigenvalue weighted by molar-refractivity contribution is 5.89. The summed E-state index contributed by atoms with van der Waals surface area (Å²) >= 11 is 0. The van der Waals surface area contributed by atoms with Gasteiger partial charge in [0.2, 0.25) is 0 Å². The summed E-state index contributed by atoms with van der Waals surface area (Å²) in [5.74, 6) is -0.202. The molecule has 4 heteroatoms. The van der Waals surface area contributed by atoms with Gasteiger partial charge in [0.15, 0.2) is 0 Å². The van der Waals surface area contributed by atoms with Gasteiger partial charge in [-0.3, -0.25) is 0 Å². The molecule has 0 aliphatic heterocycles. The summed E-state index contributed by atoms with van der Waals surface area (Å²) in [5, 5.41) is 13.8. The minimum absolute atomic E-state index is 0.00190. The van der Waals surface area contributed by atoms with Gasteiger partial charge in [0, 0.05) is 17.5 Å². The molecule has 0 aliphatic rings. The van der Waals surface area contributed by atoms with E-state index in [1.165, 1.54) is 7.11 Å². The zero-order valence-corrected chi connectivity index (χ0v) is 14.5. The first-order valence-electron chi connectivity index (χ1n) is 8.22. The average molecular weight is 327 g/mol. The van der Waals surface area contributed by atoms with Gasteiger partial charge in [0.1, 0.15) is 5.75 Å². The molecule has 0 saturated carbocycles. The molecule has 0 bridgehead atoms. The molecule has 4 nitrogen and oxygen atoms in total. The molecular formula is C20H25NO3. The lowest BCUT2D eigenvalue weighted by molar-refractivity contribution is 0.0600. The number of phenols is 1. The van der Waals surface area contributed by atoms with Gasteiger partial charge in [-0.15, -0.1) is 0 Å². The maximum atomic E-state index is 11.8. The van der Waals surface area contributed by atoms with Crippen LogP contribution in [0, 0.1) is 0 Å². The van der Waals surface area contributed by atoms with Gasteiger partial charge >= 0.3 is 5.97 Å². The van der Waals surface area contributed by atoms with Crippen molar-refractivity contribution in [1.29, 1.82) is 0 Å². The first kappa shape index (κ1) is 18.0. The number of ether oxygens (including phenoxy) is 1. The Balaban J connectivity index is 2.37. The summed E-state index contributed by atoms with van der Waals surface area (Å²) in [6, 6.07) is 15.3. The molecule has 2 aromatic carbocycles. The summed E-state index contributed by atoms with van der Waals surface area (Å²) in [5.41, 5.74) is 2.30. The van der Waals surface area contributed by atoms with Crippen molar-refractivity contribution in [2.24, 2.45) is 0 Å². The number of phenolic OH excluding ortho intramolecular Hbond substituents is 1. The van der Waals surface area contributed by atoms with E-state index < -0.39 is 5.97 Å². The molecule has 0 heterocycles. The largest absolute Gasteiger partial charge is 0.508 e. The summed E-state index contributed by atoms with van der Waals surface area (Å²) in [7, 11) is 1.36. The van der Waals surface area contributed by atoms with Crippen LogP contribution in [0.5, 0.6) is 5.75 Å². The third-order valence-electron chi connectivity index (χ3n) is 4.01. The van der Waals surface area contributed by atoms with Crippen LogP contribution in [0.1, 0.15) is 47.7 Å². The lowest BCUT2D eigenvalue weighted by atomic mass is 9.87. The SMILES string of the molecule is COC(=O)c1ccc(O)c([C@H](CCNC(C)C)c2ccccc2)c1. The number of methoxy groups -OCH3 is 1. The molecule has 0 spiro atoms. The molecule has 0 saturated heterocycles. The van der Waals surface area contributed by atoms with E-state index in [9.17, 15) is 9.90 Å². The van der Waals surface area contributed by atoms with E-state index in [-0.39, 0.29) is 11.7 Å². The second-order valence-electron chi connectivity index (χ2n) is 6.13. The summed E-state index contributed by atoms with van der Waals surface area (Å²) < 4.78 is 4.80. The first-order chi connectivity index (χ1) is 11.5. The normalized spacial score (nSPS) is 12.2. The molecular weight excluding hydrogens is 302 g/mol. The third-order valence-corrected chi connectivity index (χ3v) is 4.01. The van der Waals surface area contributed by atoms with Crippen LogP contribution >= 0.6 is 0 Å². The number of hydrogen-bond acceptors (Lipinski definition) is 4. The van der Waals surface area contributed by atoms with Crippen molar-refractivity contribution in [2.75, 3.05) is 13.7 Å². The van der Waals surface area contributed by atoms with Gasteiger partial charge in [-0.25, -0.2) is 4.79 Å². The van der Waals surface area contributed by atoms with E-state index in [2.05, 4.69) is 19.2 Å². The highest BCUT2D eigenvalue weighted by Crippen LogP contribution is 2.34. The second kappa shape index (κ2) is 8.50. The van der Waals surface area contributed by atoms with Crippen molar-refractivity contribution in [3.05, 3.63) is 65.2 Å². The fraction of sp³-hybridized carbons (Fsp3) is 0.350. The molecule has 128 valence electrons. The molecule has 1 atom stereocenters. The highest BCUT2D eigenvalue weighted by atomic mass is 16.5. The Morgan fingerprint density at radius 2 is 1.88 bits per heavy atom. The van der Waals surface area contributed by atoms with Gasteiger partial charge in [-0.05, 0) is 36.7 Å². The van der Waals surface area contributed by atoms with Crippen LogP contribution in [0.25, 0.3) is 0 Å². The molecule has 0 unspecified atom stereocenters. The van der Waals surface area contributed by atoms with Crippen molar-refractivity contribution in [1.82, 2.24) is 5.32 Å². The first-order valence-corrected chi connectivity index (χ1v) is 8.22. The summed E-state index contributed by atoms with van der Waals surface area (Å²) in [6.45, 7) is 5.03. The monoisotopic (exact) mass is 327 g/mol. The molecule has 2 N–H and O–H groups in total. The van der Waals surface area contributed by atoms with Crippen LogP contribution in [0.4, 0.5) is 0 Å². The van der Waals surface area contributed by atoms with E-state index in [1.54, 1.807) is 18.2 Å². The van der Waals surface area contributed by atoms with Crippen LogP contribution in [0.15, 0.2) is 48.5 Å². The Bertz CT molecular complexity index is 668. The third kappa shape index (κ3) is 4.59. The molecule has 2 aromatic rings. The van der Waals surface area contributed by atoms with Gasteiger partial charge in [0.25, 0.3) is 0 Å². The maximum Gasteiger partial charge on any atom is 0.337 e. The predicted molar refractivity (Wildman–Crippen MR) is 95.5 cm³/mol. The lowest BCUT2D eigenvalue weighted by Crippen LogP contribution is -2.25. The summed E-state index contributed by atoms with van der Waals surface area (Å²) in [6.07, 6.45) is 0.820. The molecule has 2 rings (SSSR count). The van der Waals surface area contributed by atoms with Gasteiger partial charge < -0.3 is 15.2 Å². The van der Waals surface area contributed by atoms with Crippen molar-refractivity contribution in [2.45, 2.75) is 32.2 Å². The predicted octanol–water partition coefficient (Wildman–Crippen LogP) is 3.70. The number of benzene rings is 2. The molecule has 0 amide bonds. The van der Waals surface area contributed by atoms with E-state index in [0.29, 0.717) is 11.6 Å². The quantitative estimate of drug-likeness (QED) is 0.761. The van der Waals surface area contributed by atoms with Gasteiger partial charge in [-0.1, -0.05) is 44.2 Å². The van der Waals surface area contributed by atoms with E-state index in [1.807, 2.05) is 30.3 Å². The highest BCUT2D eigenvalue weighted by Gasteiger charge is 2.19. The van der Waals surface area contributed by atoms with Crippen LogP contribution < -0.4 is 5.32 Å². The van der Waals surface area contributed by atoms with Crippen LogP contribution in [0.3, 0.4) is 0 Å². The smallest absolute Gasteiger partial charge is 0.337 e. The number of carbonyl (C=O) groups excluding carboxylic acids is 1. The number of rotatable bonds is 7. The van der Waals surface area contributed by atoms with Gasteiger partial charge in [-0.2, -0.15) is 0 Å². The van der Waals surface area contributed by atoms with E-state index in [4.69, 9.17) is 4.74 Å². The Morgan fingerprint density at radius 3 is 2.50 bits per heavy atom. The molecule has 0 radical (unpaired) electrons. The zero-order chi connectivity index (χ0) is 17.5. The Hall–Kier alpha value is -2.33. The van der Waals surface area contributed by atoms with Crippen molar-refractivity contribution in [3.63, 3.8) is 0 Å². The molecule has 0 aromatic heterocycles. The van der Waals surface area contributed by atoms with Crippen molar-refractivity contribution in [3.8, 4) is 5.75 Å². The number of nitrogens with one attached hydrogen (secondary N) is 1. The zero-order valence-electron chi connectivity index (χ0n) is 14.5. The van der Waals surface area contributed by atoms with E-state index in [0.717, 1.165) is 24.1 Å². The van der Waals surface area contributed by atoms with Crippen LogP contribution in [0.2, 0.25) is 0 Å². The Kier molecular flexibility index (Phi) is 6.38. The number of aromatic hydroxyl groups is 1. The van der Waals surface area contributed by atoms with Gasteiger partial charge in [0.05, 0.1) is 12.7 Å². The van der Waals surface area contributed by atoms with Crippen molar-refractivity contribution >= 4 is 5.97 Å². The molecule has 24 heavy (non-hydrogen) atoms. The number of carbonyl (C=O) groups is 1. The van der Waals surface area contributed by atoms with Crippen molar-refractivity contribution < 1.29 is 14.6 Å². The second-order valence-corrected chi connectivity index (χ2v) is 6.13. The average Bonchev–Trinajstić information content (AvgIpc) is 2.59. The standard InChI is InChI=1S/C20H25NO3/c1-14(2)21-12-11-17(15-7-5-4-6-8-15)18-13-16(20(23)24-3)9-10-19(18)22/h4-10,13-14,17,21-22H,11-12H2,1-3H3/t17-/m1/s1. The fourth-order valence-corrected chi connectivity index (χ4v) is 2.78. The maximum absolute atomic E-state index is 11.8. The summed E-state index contributed by atoms with van der Waals surface area (Å²) in [4.78, 5) is 11.8. The molecule has 0 aliphatic carbocycles. The number of hydrogen-bond donors (Lipinski definition) is 2. The minimum atomic E-state index is -0.400. The van der Waals surface area contributed by atoms with Crippen LogP contribution in [-0.2, 0) is 4.74 Å². The van der Waals surface area contributed by atoms with E-state index >= 15 is 0 Å². The fourth-order valence-electron chi connectivity index (χ4n) is 2.78. The minimum Gasteiger partial charge on any atom is -0.508 e. The Labute approximate surface area is 143 Å². The number of esters is 1. The molecule has 0 fully saturated rings. The Morgan fingerprint density at radius 1 is 1.17 bits per heavy atom. The lowest BCUT2D eigenvalue weighted by Gasteiger charge is -2.21.